The van der Waals surface area contributed by atoms with Crippen molar-refractivity contribution in [1.82, 2.24) is 5.32 Å². The summed E-state index contributed by atoms with van der Waals surface area (Å²) >= 11 is 0. The average Bonchev–Trinajstić information content (AvgIpc) is 2.60. The number of benzene rings is 2. The van der Waals surface area contributed by atoms with Gasteiger partial charge in [0.05, 0.1) is 14.2 Å². The summed E-state index contributed by atoms with van der Waals surface area (Å²) in [6, 6.07) is 14.7. The minimum Gasteiger partial charge on any atom is -0.497 e. The van der Waals surface area contributed by atoms with Gasteiger partial charge < -0.3 is 19.5 Å². The van der Waals surface area contributed by atoms with Gasteiger partial charge in [0, 0.05) is 12.1 Å². The normalized spacial score (nSPS) is 11.4. The molecule has 0 radical (unpaired) electrons. The Bertz CT molecular complexity index is 640. The summed E-state index contributed by atoms with van der Waals surface area (Å²) in [6.45, 7) is 2.10. The second-order valence-corrected chi connectivity index (χ2v) is 4.97. The molecule has 0 aliphatic carbocycles. The van der Waals surface area contributed by atoms with Crippen molar-refractivity contribution in [3.8, 4) is 17.2 Å². The second-order valence-electron chi connectivity index (χ2n) is 4.97. The van der Waals surface area contributed by atoms with E-state index in [1.165, 1.54) is 0 Å². The first-order chi connectivity index (χ1) is 11.1. The third-order valence-corrected chi connectivity index (χ3v) is 3.39. The monoisotopic (exact) mass is 315 g/mol. The zero-order valence-electron chi connectivity index (χ0n) is 13.5. The largest absolute Gasteiger partial charge is 0.497 e. The van der Waals surface area contributed by atoms with Gasteiger partial charge in [-0.2, -0.15) is 0 Å². The van der Waals surface area contributed by atoms with E-state index in [9.17, 15) is 4.79 Å². The van der Waals surface area contributed by atoms with E-state index in [-0.39, 0.29) is 5.91 Å². The summed E-state index contributed by atoms with van der Waals surface area (Å²) in [5.41, 5.74) is 0.917. The van der Waals surface area contributed by atoms with Crippen LogP contribution in [0.5, 0.6) is 17.2 Å². The fraction of sp³-hybridized carbons (Fsp3) is 0.278. The van der Waals surface area contributed by atoms with Crippen LogP contribution in [0.15, 0.2) is 48.5 Å². The van der Waals surface area contributed by atoms with Crippen molar-refractivity contribution >= 4 is 5.91 Å². The molecule has 0 saturated carbocycles. The van der Waals surface area contributed by atoms with Gasteiger partial charge in [0.15, 0.2) is 6.10 Å². The van der Waals surface area contributed by atoms with Gasteiger partial charge in [-0.3, -0.25) is 4.79 Å². The lowest BCUT2D eigenvalue weighted by Crippen LogP contribution is -2.35. The smallest absolute Gasteiger partial charge is 0.261 e. The number of carbonyl (C=O) groups is 1. The summed E-state index contributed by atoms with van der Waals surface area (Å²) in [5.74, 6) is 1.92. The van der Waals surface area contributed by atoms with E-state index in [1.54, 1.807) is 45.4 Å². The number of amides is 1. The molecule has 0 aliphatic rings. The van der Waals surface area contributed by atoms with Crippen LogP contribution in [0.25, 0.3) is 0 Å². The maximum atomic E-state index is 12.1. The number of methoxy groups -OCH3 is 2. The summed E-state index contributed by atoms with van der Waals surface area (Å²) in [4.78, 5) is 12.1. The van der Waals surface area contributed by atoms with Crippen molar-refractivity contribution in [3.05, 3.63) is 54.1 Å². The first-order valence-electron chi connectivity index (χ1n) is 7.34. The Morgan fingerprint density at radius 2 is 1.65 bits per heavy atom. The summed E-state index contributed by atoms with van der Waals surface area (Å²) < 4.78 is 16.0. The number of ether oxygens (including phenoxy) is 3. The molecule has 0 saturated heterocycles. The van der Waals surface area contributed by atoms with Gasteiger partial charge in [-0.1, -0.05) is 18.2 Å². The van der Waals surface area contributed by atoms with Crippen molar-refractivity contribution in [2.45, 2.75) is 19.6 Å². The van der Waals surface area contributed by atoms with Gasteiger partial charge in [-0.15, -0.1) is 0 Å². The van der Waals surface area contributed by atoms with Crippen molar-refractivity contribution in [2.75, 3.05) is 14.2 Å². The molecular formula is C18H21NO4. The zero-order valence-corrected chi connectivity index (χ0v) is 13.5. The molecule has 1 amide bonds. The molecule has 23 heavy (non-hydrogen) atoms. The minimum absolute atomic E-state index is 0.188. The molecule has 2 aromatic rings. The first kappa shape index (κ1) is 16.7. The van der Waals surface area contributed by atoms with Crippen LogP contribution in [0.1, 0.15) is 12.5 Å². The molecule has 5 heteroatoms. The van der Waals surface area contributed by atoms with Crippen molar-refractivity contribution in [2.24, 2.45) is 0 Å². The molecule has 0 heterocycles. The zero-order chi connectivity index (χ0) is 16.7. The summed E-state index contributed by atoms with van der Waals surface area (Å²) in [7, 11) is 3.21. The molecule has 1 unspecified atom stereocenters. The highest BCUT2D eigenvalue weighted by molar-refractivity contribution is 5.80. The van der Waals surface area contributed by atoms with E-state index in [0.717, 1.165) is 17.1 Å². The number of hydrogen-bond acceptors (Lipinski definition) is 4. The van der Waals surface area contributed by atoms with E-state index >= 15 is 0 Å². The highest BCUT2D eigenvalue weighted by atomic mass is 16.5. The van der Waals surface area contributed by atoms with Gasteiger partial charge in [0.2, 0.25) is 0 Å². The quantitative estimate of drug-likeness (QED) is 0.853. The highest BCUT2D eigenvalue weighted by Gasteiger charge is 2.15. The van der Waals surface area contributed by atoms with Crippen LogP contribution >= 0.6 is 0 Å². The van der Waals surface area contributed by atoms with E-state index in [2.05, 4.69) is 5.32 Å². The predicted octanol–water partition coefficient (Wildman–Crippen LogP) is 2.79. The lowest BCUT2D eigenvalue weighted by atomic mass is 10.2. The minimum atomic E-state index is -0.599. The maximum absolute atomic E-state index is 12.1. The van der Waals surface area contributed by atoms with Crippen molar-refractivity contribution < 1.29 is 19.0 Å². The van der Waals surface area contributed by atoms with Gasteiger partial charge >= 0.3 is 0 Å². The van der Waals surface area contributed by atoms with Gasteiger partial charge in [0.1, 0.15) is 17.2 Å². The number of carbonyl (C=O) groups excluding carboxylic acids is 1. The fourth-order valence-corrected chi connectivity index (χ4v) is 2.09. The van der Waals surface area contributed by atoms with Crippen LogP contribution in [0, 0.1) is 0 Å². The lowest BCUT2D eigenvalue weighted by Gasteiger charge is -2.15. The molecule has 0 aliphatic heterocycles. The molecule has 5 nitrogen and oxygen atoms in total. The van der Waals surface area contributed by atoms with E-state index in [0.29, 0.717) is 12.3 Å². The summed E-state index contributed by atoms with van der Waals surface area (Å²) in [5, 5.41) is 2.85. The molecule has 1 N–H and O–H groups in total. The fourth-order valence-electron chi connectivity index (χ4n) is 2.09. The van der Waals surface area contributed by atoms with E-state index in [1.807, 2.05) is 24.3 Å². The standard InChI is InChI=1S/C18H21NO4/c1-13(23-16-10-8-15(21-2)9-11-16)18(20)19-12-14-6-4-5-7-17(14)22-3/h4-11,13H,12H2,1-3H3,(H,19,20). The van der Waals surface area contributed by atoms with Crippen molar-refractivity contribution in [3.63, 3.8) is 0 Å². The third-order valence-electron chi connectivity index (χ3n) is 3.39. The van der Waals surface area contributed by atoms with Gasteiger partial charge in [0.25, 0.3) is 5.91 Å². The molecule has 1 atom stereocenters. The lowest BCUT2D eigenvalue weighted by molar-refractivity contribution is -0.127. The third kappa shape index (κ3) is 4.64. The number of nitrogens with one attached hydrogen (secondary N) is 1. The maximum Gasteiger partial charge on any atom is 0.261 e. The predicted molar refractivity (Wildman–Crippen MR) is 87.9 cm³/mol. The van der Waals surface area contributed by atoms with Crippen molar-refractivity contribution in [1.29, 1.82) is 0 Å². The van der Waals surface area contributed by atoms with Crippen LogP contribution in [0.4, 0.5) is 0 Å². The Labute approximate surface area is 136 Å². The SMILES string of the molecule is COc1ccc(OC(C)C(=O)NCc2ccccc2OC)cc1. The van der Waals surface area contributed by atoms with Crippen LogP contribution in [0.2, 0.25) is 0 Å². The Morgan fingerprint density at radius 1 is 1.00 bits per heavy atom. The molecule has 2 aromatic carbocycles. The molecule has 2 rings (SSSR count). The Morgan fingerprint density at radius 3 is 2.30 bits per heavy atom. The molecule has 0 spiro atoms. The van der Waals surface area contributed by atoms with E-state index < -0.39 is 6.10 Å². The van der Waals surface area contributed by atoms with Crippen LogP contribution in [0.3, 0.4) is 0 Å². The Kier molecular flexibility index (Phi) is 5.86. The summed E-state index contributed by atoms with van der Waals surface area (Å²) in [6.07, 6.45) is -0.599. The average molecular weight is 315 g/mol. The number of rotatable bonds is 7. The number of hydrogen-bond donors (Lipinski definition) is 1. The molecule has 0 bridgehead atoms. The van der Waals surface area contributed by atoms with E-state index in [4.69, 9.17) is 14.2 Å². The highest BCUT2D eigenvalue weighted by Crippen LogP contribution is 2.19. The molecule has 122 valence electrons. The van der Waals surface area contributed by atoms with Gasteiger partial charge in [-0.05, 0) is 37.3 Å². The Balaban J connectivity index is 1.89. The molecule has 0 aromatic heterocycles. The topological polar surface area (TPSA) is 56.8 Å². The van der Waals surface area contributed by atoms with Crippen LogP contribution < -0.4 is 19.5 Å². The number of para-hydroxylation sites is 1. The van der Waals surface area contributed by atoms with Crippen LogP contribution in [-0.2, 0) is 11.3 Å². The Hall–Kier alpha value is -2.69. The van der Waals surface area contributed by atoms with Crippen LogP contribution in [-0.4, -0.2) is 26.2 Å². The molecular weight excluding hydrogens is 294 g/mol. The molecule has 0 fully saturated rings. The van der Waals surface area contributed by atoms with Gasteiger partial charge in [-0.25, -0.2) is 0 Å². The first-order valence-corrected chi connectivity index (χ1v) is 7.34. The second kappa shape index (κ2) is 8.08.